The molecule has 0 radical (unpaired) electrons. The molecule has 0 saturated carbocycles. The maximum atomic E-state index is 11.1. The number of pyridine rings is 1. The normalized spacial score (nSPS) is 15.7. The molecule has 1 aromatic rings. The Morgan fingerprint density at radius 1 is 1.60 bits per heavy atom. The molecule has 0 spiro atoms. The van der Waals surface area contributed by atoms with Crippen molar-refractivity contribution in [3.8, 4) is 5.75 Å². The summed E-state index contributed by atoms with van der Waals surface area (Å²) < 4.78 is 27.4. The Morgan fingerprint density at radius 2 is 2.33 bits per heavy atom. The Hall–Kier alpha value is -1.01. The molecule has 0 fully saturated rings. The smallest absolute Gasteiger partial charge is 0.262 e. The van der Waals surface area contributed by atoms with E-state index in [2.05, 4.69) is 4.98 Å². The van der Waals surface area contributed by atoms with Crippen LogP contribution in [0.1, 0.15) is 0 Å². The van der Waals surface area contributed by atoms with E-state index in [0.29, 0.717) is 18.2 Å². The molecule has 2 heterocycles. The van der Waals surface area contributed by atoms with Gasteiger partial charge in [0, 0.05) is 30.0 Å². The van der Waals surface area contributed by atoms with E-state index in [4.69, 9.17) is 15.4 Å². The lowest BCUT2D eigenvalue weighted by Gasteiger charge is -2.26. The largest absolute Gasteiger partial charge is 0.488 e. The minimum absolute atomic E-state index is 0.0433. The number of hydrogen-bond acceptors (Lipinski definition) is 5. The van der Waals surface area contributed by atoms with Gasteiger partial charge in [0.1, 0.15) is 11.5 Å². The second-order valence-corrected chi connectivity index (χ2v) is 5.77. The summed E-state index contributed by atoms with van der Waals surface area (Å²) in [6, 6.07) is 1.39. The Balaban J connectivity index is 2.51. The summed E-state index contributed by atoms with van der Waals surface area (Å²) in [6.07, 6.45) is 1.23. The first-order valence-corrected chi connectivity index (χ1v) is 6.58. The van der Waals surface area contributed by atoms with Gasteiger partial charge < -0.3 is 9.64 Å². The summed E-state index contributed by atoms with van der Waals surface area (Å²) >= 11 is 0. The van der Waals surface area contributed by atoms with Crippen LogP contribution in [0.2, 0.25) is 0 Å². The van der Waals surface area contributed by atoms with Crippen molar-refractivity contribution in [2.75, 3.05) is 25.1 Å². The molecule has 1 aliphatic rings. The van der Waals surface area contributed by atoms with Crippen LogP contribution in [0.25, 0.3) is 0 Å². The number of nitrogens with zero attached hydrogens (tertiary/aromatic N) is 2. The summed E-state index contributed by atoms with van der Waals surface area (Å²) in [6.45, 7) is 1.24. The molecule has 0 atom stereocenters. The van der Waals surface area contributed by atoms with Crippen LogP contribution in [0.3, 0.4) is 0 Å². The molecule has 0 amide bonds. The number of hydrogen-bond donors (Lipinski definition) is 0. The second-order valence-electron chi connectivity index (χ2n) is 3.20. The van der Waals surface area contributed by atoms with E-state index in [1.54, 1.807) is 0 Å². The number of anilines is 1. The first-order chi connectivity index (χ1) is 6.98. The van der Waals surface area contributed by atoms with Crippen LogP contribution in [0.15, 0.2) is 17.2 Å². The van der Waals surface area contributed by atoms with E-state index in [0.717, 1.165) is 6.54 Å². The Morgan fingerprint density at radius 3 is 3.00 bits per heavy atom. The molecule has 7 heteroatoms. The highest BCUT2D eigenvalue weighted by molar-refractivity contribution is 8.13. The fourth-order valence-corrected chi connectivity index (χ4v) is 2.02. The van der Waals surface area contributed by atoms with Crippen molar-refractivity contribution in [2.45, 2.75) is 4.90 Å². The fourth-order valence-electron chi connectivity index (χ4n) is 1.34. The lowest BCUT2D eigenvalue weighted by atomic mass is 10.3. The van der Waals surface area contributed by atoms with Crippen molar-refractivity contribution in [3.63, 3.8) is 0 Å². The molecule has 0 aliphatic carbocycles. The van der Waals surface area contributed by atoms with Gasteiger partial charge >= 0.3 is 0 Å². The average Bonchev–Trinajstić information content (AvgIpc) is 2.16. The number of fused-ring (bicyclic) bond motifs is 1. The van der Waals surface area contributed by atoms with Gasteiger partial charge in [-0.1, -0.05) is 0 Å². The molecule has 15 heavy (non-hydrogen) atoms. The Labute approximate surface area is 92.0 Å². The first-order valence-electron chi connectivity index (χ1n) is 4.27. The van der Waals surface area contributed by atoms with Gasteiger partial charge in [0.05, 0.1) is 6.54 Å². The summed E-state index contributed by atoms with van der Waals surface area (Å²) in [5.74, 6) is 1.08. The van der Waals surface area contributed by atoms with Crippen LogP contribution in [0.5, 0.6) is 5.75 Å². The molecule has 2 rings (SSSR count). The molecule has 0 N–H and O–H groups in total. The quantitative estimate of drug-likeness (QED) is 0.690. The molecular weight excluding hydrogens is 240 g/mol. The zero-order valence-corrected chi connectivity index (χ0v) is 9.55. The Kier molecular flexibility index (Phi) is 2.47. The van der Waals surface area contributed by atoms with E-state index in [1.165, 1.54) is 12.3 Å². The first kappa shape index (κ1) is 10.5. The van der Waals surface area contributed by atoms with Crippen LogP contribution in [0, 0.1) is 0 Å². The third-order valence-corrected chi connectivity index (χ3v) is 3.46. The van der Waals surface area contributed by atoms with Crippen LogP contribution in [0.4, 0.5) is 5.82 Å². The van der Waals surface area contributed by atoms with Crippen LogP contribution < -0.4 is 9.64 Å². The molecule has 82 valence electrons. The third-order valence-electron chi connectivity index (χ3n) is 2.14. The van der Waals surface area contributed by atoms with Crippen molar-refractivity contribution >= 4 is 25.6 Å². The van der Waals surface area contributed by atoms with Gasteiger partial charge in [-0.05, 0) is 0 Å². The standard InChI is InChI=1S/C8H9ClN2O3S/c1-11-2-3-14-7-4-6(15(9,12)13)5-10-8(7)11/h4-5H,2-3H2,1H3. The summed E-state index contributed by atoms with van der Waals surface area (Å²) in [5, 5.41) is 0. The topological polar surface area (TPSA) is 59.5 Å². The highest BCUT2D eigenvalue weighted by Crippen LogP contribution is 2.30. The minimum Gasteiger partial charge on any atom is -0.488 e. The van der Waals surface area contributed by atoms with Crippen LogP contribution in [-0.2, 0) is 9.05 Å². The Bertz CT molecular complexity index is 489. The zero-order valence-electron chi connectivity index (χ0n) is 7.97. The highest BCUT2D eigenvalue weighted by atomic mass is 35.7. The number of rotatable bonds is 1. The number of likely N-dealkylation sites (N-methyl/N-ethyl adjacent to an activating group) is 1. The molecule has 0 saturated heterocycles. The van der Waals surface area contributed by atoms with E-state index in [-0.39, 0.29) is 4.90 Å². The monoisotopic (exact) mass is 248 g/mol. The molecule has 0 aromatic carbocycles. The van der Waals surface area contributed by atoms with Gasteiger partial charge in [0.2, 0.25) is 0 Å². The van der Waals surface area contributed by atoms with Crippen LogP contribution in [-0.4, -0.2) is 33.6 Å². The maximum Gasteiger partial charge on any atom is 0.262 e. The third kappa shape index (κ3) is 2.00. The second kappa shape index (κ2) is 3.53. The predicted molar refractivity (Wildman–Crippen MR) is 56.0 cm³/mol. The van der Waals surface area contributed by atoms with Crippen molar-refractivity contribution in [3.05, 3.63) is 12.3 Å². The van der Waals surface area contributed by atoms with Gasteiger partial charge in [-0.2, -0.15) is 0 Å². The van der Waals surface area contributed by atoms with Crippen molar-refractivity contribution in [1.29, 1.82) is 0 Å². The van der Waals surface area contributed by atoms with E-state index in [9.17, 15) is 8.42 Å². The van der Waals surface area contributed by atoms with Crippen molar-refractivity contribution < 1.29 is 13.2 Å². The highest BCUT2D eigenvalue weighted by Gasteiger charge is 2.20. The van der Waals surface area contributed by atoms with E-state index in [1.807, 2.05) is 11.9 Å². The van der Waals surface area contributed by atoms with Crippen molar-refractivity contribution in [2.24, 2.45) is 0 Å². The predicted octanol–water partition coefficient (Wildman–Crippen LogP) is 0.838. The number of aromatic nitrogens is 1. The van der Waals surface area contributed by atoms with Gasteiger partial charge in [-0.3, -0.25) is 0 Å². The molecule has 1 aliphatic heterocycles. The minimum atomic E-state index is -3.74. The van der Waals surface area contributed by atoms with Crippen LogP contribution >= 0.6 is 10.7 Å². The summed E-state index contributed by atoms with van der Waals surface area (Å²) in [7, 11) is 3.32. The molecule has 5 nitrogen and oxygen atoms in total. The lowest BCUT2D eigenvalue weighted by molar-refractivity contribution is 0.308. The van der Waals surface area contributed by atoms with Gasteiger partial charge in [-0.25, -0.2) is 13.4 Å². The SMILES string of the molecule is CN1CCOc2cc(S(=O)(=O)Cl)cnc21. The van der Waals surface area contributed by atoms with Gasteiger partial charge in [0.25, 0.3) is 9.05 Å². The lowest BCUT2D eigenvalue weighted by Crippen LogP contribution is -2.29. The molecular formula is C8H9ClN2O3S. The average molecular weight is 249 g/mol. The fraction of sp³-hybridized carbons (Fsp3) is 0.375. The maximum absolute atomic E-state index is 11.1. The van der Waals surface area contributed by atoms with Crippen molar-refractivity contribution in [1.82, 2.24) is 4.98 Å². The molecule has 0 bridgehead atoms. The number of ether oxygens (including phenoxy) is 1. The van der Waals surface area contributed by atoms with Gasteiger partial charge in [-0.15, -0.1) is 0 Å². The van der Waals surface area contributed by atoms with E-state index < -0.39 is 9.05 Å². The summed E-state index contributed by atoms with van der Waals surface area (Å²) in [4.78, 5) is 5.85. The zero-order chi connectivity index (χ0) is 11.1. The molecule has 1 aromatic heterocycles. The molecule has 0 unspecified atom stereocenters. The number of halogens is 1. The van der Waals surface area contributed by atoms with Gasteiger partial charge in [0.15, 0.2) is 11.6 Å². The summed E-state index contributed by atoms with van der Waals surface area (Å²) in [5.41, 5.74) is 0. The van der Waals surface area contributed by atoms with E-state index >= 15 is 0 Å².